The van der Waals surface area contributed by atoms with Crippen LogP contribution in [0.1, 0.15) is 27.7 Å². The summed E-state index contributed by atoms with van der Waals surface area (Å²) < 4.78 is 46.0. The third-order valence-corrected chi connectivity index (χ3v) is 8.77. The van der Waals surface area contributed by atoms with E-state index in [0.717, 1.165) is 25.7 Å². The average Bonchev–Trinajstić information content (AvgIpc) is 3.61. The van der Waals surface area contributed by atoms with Crippen molar-refractivity contribution < 1.29 is 32.6 Å². The summed E-state index contributed by atoms with van der Waals surface area (Å²) in [6.07, 6.45) is 1.31. The van der Waals surface area contributed by atoms with Gasteiger partial charge in [-0.25, -0.2) is 18.7 Å². The molecule has 242 valence electrons. The van der Waals surface area contributed by atoms with Gasteiger partial charge in [-0.05, 0) is 67.4 Å². The number of fused-ring (bicyclic) bond motifs is 1. The molecule has 10 nitrogen and oxygen atoms in total. The van der Waals surface area contributed by atoms with Gasteiger partial charge in [-0.2, -0.15) is 0 Å². The van der Waals surface area contributed by atoms with Gasteiger partial charge in [0.2, 0.25) is 17.7 Å². The number of benzene rings is 3. The number of ether oxygens (including phenoxy) is 3. The maximum atomic E-state index is 15.3. The third-order valence-electron chi connectivity index (χ3n) is 8.77. The highest BCUT2D eigenvalue weighted by Gasteiger charge is 2.69. The van der Waals surface area contributed by atoms with Gasteiger partial charge in [-0.15, -0.1) is 0 Å². The number of hydrogen-bond acceptors (Lipinski definition) is 8. The lowest BCUT2D eigenvalue weighted by atomic mass is 9.99. The first-order valence-electron chi connectivity index (χ1n) is 15.2. The van der Waals surface area contributed by atoms with Crippen LogP contribution in [0.5, 0.6) is 23.1 Å². The van der Waals surface area contributed by atoms with E-state index in [2.05, 4.69) is 39.3 Å². The first kappa shape index (κ1) is 32.6. The Morgan fingerprint density at radius 1 is 0.870 bits per heavy atom. The Labute approximate surface area is 266 Å². The smallest absolute Gasteiger partial charge is 0.240 e. The Morgan fingerprint density at radius 3 is 2.13 bits per heavy atom. The van der Waals surface area contributed by atoms with Crippen molar-refractivity contribution in [3.63, 3.8) is 0 Å². The Kier molecular flexibility index (Phi) is 9.66. The zero-order chi connectivity index (χ0) is 33.0. The number of amides is 2. The van der Waals surface area contributed by atoms with Gasteiger partial charge in [0.05, 0.1) is 18.0 Å². The molecule has 0 radical (unpaired) electrons. The van der Waals surface area contributed by atoms with Gasteiger partial charge in [0.15, 0.2) is 23.1 Å². The van der Waals surface area contributed by atoms with Crippen molar-refractivity contribution in [1.29, 1.82) is 0 Å². The number of carbonyl (C=O) groups is 2. The number of hydrogen-bond donors (Lipinski definition) is 2. The quantitative estimate of drug-likeness (QED) is 0.166. The number of aromatic nitrogens is 2. The van der Waals surface area contributed by atoms with Crippen molar-refractivity contribution in [2.75, 3.05) is 44.0 Å². The molecule has 1 aliphatic carbocycles. The van der Waals surface area contributed by atoms with E-state index in [0.29, 0.717) is 34.7 Å². The molecule has 2 atom stereocenters. The monoisotopic (exact) mass is 633 g/mol. The number of nitrogens with zero attached hydrogens (tertiary/aromatic N) is 3. The summed E-state index contributed by atoms with van der Waals surface area (Å²) in [5.74, 6) is -1.87. The van der Waals surface area contributed by atoms with Crippen LogP contribution in [0.3, 0.4) is 0 Å². The van der Waals surface area contributed by atoms with E-state index in [9.17, 15) is 14.0 Å². The van der Waals surface area contributed by atoms with Crippen molar-refractivity contribution in [3.05, 3.63) is 72.6 Å². The van der Waals surface area contributed by atoms with Gasteiger partial charge in [-0.3, -0.25) is 9.59 Å². The molecule has 0 bridgehead atoms. The molecule has 0 aliphatic heterocycles. The molecule has 5 rings (SSSR count). The normalized spacial score (nSPS) is 18.7. The fourth-order valence-electron chi connectivity index (χ4n) is 5.69. The number of likely N-dealkylation sites (N-methyl/N-ethyl adjacent to an activating group) is 1. The summed E-state index contributed by atoms with van der Waals surface area (Å²) in [6.45, 7) is 10.8. The minimum atomic E-state index is -1.37. The van der Waals surface area contributed by atoms with Crippen LogP contribution in [0.15, 0.2) is 60.9 Å². The number of halogens is 2. The van der Waals surface area contributed by atoms with Crippen LogP contribution in [0.2, 0.25) is 0 Å². The third kappa shape index (κ3) is 6.43. The minimum Gasteiger partial charge on any atom is -0.493 e. The van der Waals surface area contributed by atoms with E-state index in [-0.39, 0.29) is 29.2 Å². The Morgan fingerprint density at radius 2 is 1.52 bits per heavy atom. The summed E-state index contributed by atoms with van der Waals surface area (Å²) in [5.41, 5.74) is -0.334. The second-order valence-corrected chi connectivity index (χ2v) is 11.2. The summed E-state index contributed by atoms with van der Waals surface area (Å²) in [5, 5.41) is 5.87. The lowest BCUT2D eigenvalue weighted by Gasteiger charge is -2.19. The maximum absolute atomic E-state index is 15.3. The van der Waals surface area contributed by atoms with Gasteiger partial charge in [-0.1, -0.05) is 27.7 Å². The molecule has 0 unspecified atom stereocenters. The van der Waals surface area contributed by atoms with Crippen LogP contribution in [-0.4, -0.2) is 60.0 Å². The molecule has 1 saturated carbocycles. The summed E-state index contributed by atoms with van der Waals surface area (Å²) in [6, 6.07) is 12.6. The van der Waals surface area contributed by atoms with Gasteiger partial charge in [0, 0.05) is 30.1 Å². The Bertz CT molecular complexity index is 1720. The molecular formula is C34H37F2N5O5. The molecule has 3 aromatic carbocycles. The molecule has 0 saturated heterocycles. The van der Waals surface area contributed by atoms with Crippen LogP contribution in [0.4, 0.5) is 20.2 Å². The topological polar surface area (TPSA) is 115 Å². The Balaban J connectivity index is 1.30. The molecule has 1 aromatic heterocycles. The summed E-state index contributed by atoms with van der Waals surface area (Å²) in [4.78, 5) is 37.4. The molecule has 4 aromatic rings. The molecule has 0 spiro atoms. The first-order chi connectivity index (χ1) is 22.1. The van der Waals surface area contributed by atoms with Crippen LogP contribution in [0, 0.1) is 28.9 Å². The average molecular weight is 634 g/mol. The van der Waals surface area contributed by atoms with E-state index in [1.165, 1.54) is 49.8 Å². The van der Waals surface area contributed by atoms with Gasteiger partial charge in [0.1, 0.15) is 24.2 Å². The van der Waals surface area contributed by atoms with Crippen molar-refractivity contribution in [2.24, 2.45) is 17.3 Å². The zero-order valence-electron chi connectivity index (χ0n) is 26.4. The molecular weight excluding hydrogens is 596 g/mol. The van der Waals surface area contributed by atoms with Crippen molar-refractivity contribution in [1.82, 2.24) is 14.9 Å². The highest BCUT2D eigenvalue weighted by Crippen LogP contribution is 2.59. The first-order valence-corrected chi connectivity index (χ1v) is 15.2. The maximum Gasteiger partial charge on any atom is 0.240 e. The Hall–Kier alpha value is -4.84. The number of nitrogens with one attached hydrogen (secondary N) is 2. The highest BCUT2D eigenvalue weighted by molar-refractivity contribution is 6.17. The van der Waals surface area contributed by atoms with E-state index in [1.807, 2.05) is 0 Å². The van der Waals surface area contributed by atoms with Crippen molar-refractivity contribution in [2.45, 2.75) is 27.7 Å². The fraction of sp³-hybridized carbons (Fsp3) is 0.353. The van der Waals surface area contributed by atoms with Gasteiger partial charge in [0.25, 0.3) is 0 Å². The second-order valence-electron chi connectivity index (χ2n) is 11.2. The van der Waals surface area contributed by atoms with Crippen LogP contribution in [-0.2, 0) is 9.59 Å². The minimum absolute atomic E-state index is 0.103. The SMILES string of the molecule is CCN(CC)CCOc1cc2ncnc(Oc3ccc(NC(=O)C4(C(=O)Nc5ccc(F)cc5)[C@H](C)[C@H]4C)cc3F)c2cc1OC. The number of methoxy groups -OCH3 is 1. The lowest BCUT2D eigenvalue weighted by molar-refractivity contribution is -0.132. The number of carbonyl (C=O) groups excluding carboxylic acids is 2. The van der Waals surface area contributed by atoms with Crippen LogP contribution < -0.4 is 24.8 Å². The molecule has 1 aliphatic rings. The van der Waals surface area contributed by atoms with Crippen LogP contribution >= 0.6 is 0 Å². The van der Waals surface area contributed by atoms with E-state index in [1.54, 1.807) is 26.0 Å². The van der Waals surface area contributed by atoms with E-state index < -0.39 is 28.9 Å². The molecule has 2 amide bonds. The molecule has 46 heavy (non-hydrogen) atoms. The van der Waals surface area contributed by atoms with Crippen LogP contribution in [0.25, 0.3) is 10.9 Å². The molecule has 1 fully saturated rings. The van der Waals surface area contributed by atoms with E-state index >= 15 is 4.39 Å². The molecule has 2 N–H and O–H groups in total. The molecule has 12 heteroatoms. The standard InChI is InChI=1S/C34H37F2N5O5/c1-6-41(7-2)14-15-45-30-18-27-25(17-29(30)44-5)31(38-19-37-27)46-28-13-12-24(16-26(28)36)40-33(43)34(20(3)21(34)4)32(42)39-23-10-8-22(35)9-11-23/h8-13,16-21H,6-7,14-15H2,1-5H3,(H,39,42)(H,40,43)/t20-,21-/m1/s1. The van der Waals surface area contributed by atoms with Crippen molar-refractivity contribution in [3.8, 4) is 23.1 Å². The van der Waals surface area contributed by atoms with E-state index in [4.69, 9.17) is 14.2 Å². The number of rotatable bonds is 13. The number of anilines is 2. The van der Waals surface area contributed by atoms with Gasteiger partial charge < -0.3 is 29.7 Å². The fourth-order valence-corrected chi connectivity index (χ4v) is 5.69. The zero-order valence-corrected chi connectivity index (χ0v) is 26.4. The predicted molar refractivity (Wildman–Crippen MR) is 170 cm³/mol. The predicted octanol–water partition coefficient (Wildman–Crippen LogP) is 6.28. The highest BCUT2D eigenvalue weighted by atomic mass is 19.1. The second kappa shape index (κ2) is 13.7. The largest absolute Gasteiger partial charge is 0.493 e. The summed E-state index contributed by atoms with van der Waals surface area (Å²) in [7, 11) is 1.52. The van der Waals surface area contributed by atoms with Gasteiger partial charge >= 0.3 is 0 Å². The molecule has 1 heterocycles. The van der Waals surface area contributed by atoms with Crippen molar-refractivity contribution >= 4 is 34.1 Å². The summed E-state index contributed by atoms with van der Waals surface area (Å²) >= 11 is 0. The lowest BCUT2D eigenvalue weighted by Crippen LogP contribution is -2.38.